The molecule has 3 atom stereocenters. The molecule has 0 amide bonds. The Labute approximate surface area is 78.5 Å². The molecule has 1 saturated heterocycles. The fourth-order valence-electron chi connectivity index (χ4n) is 1.76. The third kappa shape index (κ3) is 1.60. The van der Waals surface area contributed by atoms with Crippen LogP contribution in [0.2, 0.25) is 0 Å². The summed E-state index contributed by atoms with van der Waals surface area (Å²) in [5.41, 5.74) is 1.12. The van der Waals surface area contributed by atoms with Gasteiger partial charge in [-0.05, 0) is 11.6 Å². The molecule has 2 nitrogen and oxygen atoms in total. The molecule has 0 N–H and O–H groups in total. The van der Waals surface area contributed by atoms with Crippen LogP contribution in [0.1, 0.15) is 6.42 Å². The lowest BCUT2D eigenvalue weighted by Crippen LogP contribution is -2.27. The van der Waals surface area contributed by atoms with E-state index in [4.69, 9.17) is 9.47 Å². The van der Waals surface area contributed by atoms with Crippen LogP contribution < -0.4 is 0 Å². The van der Waals surface area contributed by atoms with Gasteiger partial charge in [-0.3, -0.25) is 0 Å². The maximum atomic E-state index is 5.68. The molecular formula is C11H14O2. The van der Waals surface area contributed by atoms with Gasteiger partial charge in [-0.15, -0.1) is 6.58 Å². The van der Waals surface area contributed by atoms with E-state index in [-0.39, 0.29) is 18.3 Å². The maximum absolute atomic E-state index is 5.68. The van der Waals surface area contributed by atoms with E-state index in [9.17, 15) is 0 Å². The van der Waals surface area contributed by atoms with Gasteiger partial charge in [0.2, 0.25) is 0 Å². The zero-order valence-electron chi connectivity index (χ0n) is 7.61. The predicted molar refractivity (Wildman–Crippen MR) is 51.5 cm³/mol. The molecule has 0 unspecified atom stereocenters. The van der Waals surface area contributed by atoms with Crippen molar-refractivity contribution < 1.29 is 9.47 Å². The molecule has 2 heterocycles. The fourth-order valence-corrected chi connectivity index (χ4v) is 1.76. The summed E-state index contributed by atoms with van der Waals surface area (Å²) in [6.45, 7) is 8.10. The molecule has 0 aromatic carbocycles. The molecule has 2 aliphatic rings. The molecule has 0 aliphatic carbocycles. The van der Waals surface area contributed by atoms with Crippen LogP contribution in [0.25, 0.3) is 0 Å². The molecule has 0 bridgehead atoms. The Morgan fingerprint density at radius 2 is 2.31 bits per heavy atom. The van der Waals surface area contributed by atoms with E-state index >= 15 is 0 Å². The minimum atomic E-state index is 0.102. The quantitative estimate of drug-likeness (QED) is 0.601. The molecule has 0 spiro atoms. The smallest absolute Gasteiger partial charge is 0.103 e. The summed E-state index contributed by atoms with van der Waals surface area (Å²) in [6, 6.07) is 0. The van der Waals surface area contributed by atoms with Gasteiger partial charge in [0.15, 0.2) is 0 Å². The number of hydrogen-bond donors (Lipinski definition) is 0. The lowest BCUT2D eigenvalue weighted by Gasteiger charge is -2.22. The van der Waals surface area contributed by atoms with Gasteiger partial charge in [0, 0.05) is 6.42 Å². The third-order valence-corrected chi connectivity index (χ3v) is 2.53. The van der Waals surface area contributed by atoms with Gasteiger partial charge in [0.25, 0.3) is 0 Å². The first kappa shape index (κ1) is 8.73. The third-order valence-electron chi connectivity index (χ3n) is 2.53. The lowest BCUT2D eigenvalue weighted by atomic mass is 10.1. The van der Waals surface area contributed by atoms with Gasteiger partial charge >= 0.3 is 0 Å². The second-order valence-corrected chi connectivity index (χ2v) is 3.41. The summed E-state index contributed by atoms with van der Waals surface area (Å²) in [5, 5.41) is 0. The van der Waals surface area contributed by atoms with Crippen LogP contribution in [-0.2, 0) is 9.47 Å². The highest BCUT2D eigenvalue weighted by molar-refractivity contribution is 5.22. The summed E-state index contributed by atoms with van der Waals surface area (Å²) < 4.78 is 11.3. The number of fused-ring (bicyclic) bond motifs is 1. The Morgan fingerprint density at radius 3 is 3.00 bits per heavy atom. The predicted octanol–water partition coefficient (Wildman–Crippen LogP) is 1.84. The first-order valence-corrected chi connectivity index (χ1v) is 4.56. The van der Waals surface area contributed by atoms with Gasteiger partial charge < -0.3 is 9.47 Å². The van der Waals surface area contributed by atoms with Gasteiger partial charge in [0.1, 0.15) is 6.10 Å². The Kier molecular flexibility index (Phi) is 2.34. The second kappa shape index (κ2) is 3.48. The second-order valence-electron chi connectivity index (χ2n) is 3.41. The van der Waals surface area contributed by atoms with Crippen LogP contribution in [0.5, 0.6) is 0 Å². The molecule has 70 valence electrons. The van der Waals surface area contributed by atoms with Crippen molar-refractivity contribution in [2.45, 2.75) is 24.7 Å². The molecule has 2 aliphatic heterocycles. The monoisotopic (exact) mass is 178 g/mol. The normalized spacial score (nSPS) is 37.8. The van der Waals surface area contributed by atoms with E-state index in [0.717, 1.165) is 12.0 Å². The highest BCUT2D eigenvalue weighted by atomic mass is 16.6. The van der Waals surface area contributed by atoms with E-state index < -0.39 is 0 Å². The first-order valence-electron chi connectivity index (χ1n) is 4.56. The molecule has 0 aromatic heterocycles. The van der Waals surface area contributed by atoms with E-state index in [1.165, 1.54) is 0 Å². The zero-order valence-corrected chi connectivity index (χ0v) is 7.61. The molecular weight excluding hydrogens is 164 g/mol. The topological polar surface area (TPSA) is 18.5 Å². The van der Waals surface area contributed by atoms with Gasteiger partial charge in [-0.2, -0.15) is 0 Å². The Hall–Kier alpha value is -0.860. The van der Waals surface area contributed by atoms with Crippen LogP contribution in [0.3, 0.4) is 0 Å². The molecule has 0 radical (unpaired) electrons. The number of rotatable bonds is 2. The summed E-state index contributed by atoms with van der Waals surface area (Å²) in [6.07, 6.45) is 7.15. The molecule has 2 rings (SSSR count). The highest BCUT2D eigenvalue weighted by Crippen LogP contribution is 2.29. The molecule has 0 aromatic rings. The Balaban J connectivity index is 2.10. The SMILES string of the molecule is C=CC1=C[C@@H]2O[C@H](C=C)C[C@@H]2OC1. The molecule has 1 fully saturated rings. The lowest BCUT2D eigenvalue weighted by molar-refractivity contribution is 0.00483. The maximum Gasteiger partial charge on any atom is 0.103 e. The number of ether oxygens (including phenoxy) is 2. The van der Waals surface area contributed by atoms with Crippen molar-refractivity contribution >= 4 is 0 Å². The van der Waals surface area contributed by atoms with Crippen LogP contribution in [0.15, 0.2) is 37.0 Å². The summed E-state index contributed by atoms with van der Waals surface area (Å²) in [7, 11) is 0. The average molecular weight is 178 g/mol. The van der Waals surface area contributed by atoms with Crippen molar-refractivity contribution in [1.82, 2.24) is 0 Å². The van der Waals surface area contributed by atoms with Crippen molar-refractivity contribution in [3.8, 4) is 0 Å². The molecule has 0 saturated carbocycles. The van der Waals surface area contributed by atoms with Crippen molar-refractivity contribution in [2.24, 2.45) is 0 Å². The molecule has 13 heavy (non-hydrogen) atoms. The summed E-state index contributed by atoms with van der Waals surface area (Å²) in [4.78, 5) is 0. The van der Waals surface area contributed by atoms with Gasteiger partial charge in [-0.1, -0.05) is 18.7 Å². The largest absolute Gasteiger partial charge is 0.370 e. The van der Waals surface area contributed by atoms with E-state index in [1.807, 2.05) is 12.2 Å². The van der Waals surface area contributed by atoms with Crippen molar-refractivity contribution in [1.29, 1.82) is 0 Å². The van der Waals surface area contributed by atoms with Gasteiger partial charge in [-0.25, -0.2) is 0 Å². The van der Waals surface area contributed by atoms with Crippen molar-refractivity contribution in [3.05, 3.63) is 37.0 Å². The van der Waals surface area contributed by atoms with Gasteiger partial charge in [0.05, 0.1) is 18.8 Å². The Morgan fingerprint density at radius 1 is 1.46 bits per heavy atom. The molecule has 2 heteroatoms. The fraction of sp³-hybridized carbons (Fsp3) is 0.455. The Bertz CT molecular complexity index is 255. The van der Waals surface area contributed by atoms with Crippen LogP contribution in [-0.4, -0.2) is 24.9 Å². The van der Waals surface area contributed by atoms with Crippen molar-refractivity contribution in [2.75, 3.05) is 6.61 Å². The first-order chi connectivity index (χ1) is 6.33. The van der Waals surface area contributed by atoms with Crippen molar-refractivity contribution in [3.63, 3.8) is 0 Å². The van der Waals surface area contributed by atoms with Crippen LogP contribution in [0, 0.1) is 0 Å². The van der Waals surface area contributed by atoms with E-state index in [0.29, 0.717) is 6.61 Å². The van der Waals surface area contributed by atoms with Crippen LogP contribution >= 0.6 is 0 Å². The standard InChI is InChI=1S/C11H14O2/c1-3-8-5-11-10(12-7-8)6-9(4-2)13-11/h3-5,9-11H,1-2,6-7H2/t9-,10+,11+/m1/s1. The van der Waals surface area contributed by atoms with E-state index in [1.54, 1.807) is 0 Å². The number of hydrogen-bond acceptors (Lipinski definition) is 2. The minimum Gasteiger partial charge on any atom is -0.370 e. The van der Waals surface area contributed by atoms with E-state index in [2.05, 4.69) is 19.2 Å². The average Bonchev–Trinajstić information content (AvgIpc) is 2.58. The minimum absolute atomic E-state index is 0.102. The summed E-state index contributed by atoms with van der Waals surface area (Å²) in [5.74, 6) is 0. The highest BCUT2D eigenvalue weighted by Gasteiger charge is 2.35. The van der Waals surface area contributed by atoms with Crippen LogP contribution in [0.4, 0.5) is 0 Å². The summed E-state index contributed by atoms with van der Waals surface area (Å²) >= 11 is 0. The zero-order chi connectivity index (χ0) is 9.26.